The van der Waals surface area contributed by atoms with Crippen molar-refractivity contribution in [3.05, 3.63) is 54.2 Å². The number of hydrogen-bond acceptors (Lipinski definition) is 5. The van der Waals surface area contributed by atoms with Gasteiger partial charge in [-0.1, -0.05) is 0 Å². The van der Waals surface area contributed by atoms with Gasteiger partial charge in [0.25, 0.3) is 0 Å². The third kappa shape index (κ3) is 2.96. The number of anilines is 1. The molecule has 0 aliphatic carbocycles. The first-order valence-corrected chi connectivity index (χ1v) is 9.64. The van der Waals surface area contributed by atoms with Gasteiger partial charge in [-0.3, -0.25) is 4.68 Å². The molecule has 0 saturated carbocycles. The molecule has 0 amide bonds. The molecule has 8 heteroatoms. The Kier molecular flexibility index (Phi) is 4.28. The molecule has 1 fully saturated rings. The summed E-state index contributed by atoms with van der Waals surface area (Å²) >= 11 is 0. The summed E-state index contributed by atoms with van der Waals surface area (Å²) in [5.41, 5.74) is 11.1. The number of ether oxygens (including phenoxy) is 1. The predicted octanol–water partition coefficient (Wildman–Crippen LogP) is 3.64. The van der Waals surface area contributed by atoms with E-state index in [1.165, 1.54) is 12.4 Å². The zero-order chi connectivity index (χ0) is 20.0. The van der Waals surface area contributed by atoms with Gasteiger partial charge in [-0.2, -0.15) is 10.2 Å². The van der Waals surface area contributed by atoms with E-state index in [1.54, 1.807) is 23.7 Å². The maximum Gasteiger partial charge on any atom is 0.152 e. The third-order valence-electron chi connectivity index (χ3n) is 5.52. The highest BCUT2D eigenvalue weighted by molar-refractivity contribution is 5.90. The molecule has 1 aromatic carbocycles. The number of nitrogens with zero attached hydrogens (tertiary/aromatic N) is 5. The number of nitrogen functional groups attached to an aromatic ring is 1. The normalized spacial score (nSPS) is 15.2. The summed E-state index contributed by atoms with van der Waals surface area (Å²) in [6, 6.07) is 9.32. The number of benzene rings is 1. The number of nitrogens with two attached hydrogens (primary N) is 1. The van der Waals surface area contributed by atoms with Gasteiger partial charge < -0.3 is 10.5 Å². The molecule has 0 spiro atoms. The lowest BCUT2D eigenvalue weighted by atomic mass is 10.1. The predicted molar refractivity (Wildman–Crippen MR) is 108 cm³/mol. The second-order valence-corrected chi connectivity index (χ2v) is 7.32. The Labute approximate surface area is 166 Å². The van der Waals surface area contributed by atoms with Gasteiger partial charge in [-0.05, 0) is 55.7 Å². The van der Waals surface area contributed by atoms with Crippen molar-refractivity contribution in [3.8, 4) is 22.5 Å². The summed E-state index contributed by atoms with van der Waals surface area (Å²) in [6.07, 6.45) is 5.06. The average molecular weight is 392 g/mol. The Bertz CT molecular complexity index is 1190. The minimum atomic E-state index is -0.235. The molecule has 4 aromatic rings. The summed E-state index contributed by atoms with van der Waals surface area (Å²) in [7, 11) is 0. The molecule has 2 N–H and O–H groups in total. The number of rotatable bonds is 3. The summed E-state index contributed by atoms with van der Waals surface area (Å²) in [6.45, 7) is 3.21. The Morgan fingerprint density at radius 1 is 1.10 bits per heavy atom. The standard InChI is InChI=1S/C21H21FN6O/c1-13-10-14(2-3-17(13)22)19-11-16(20-21(23)24-12-26-28(19)20)18-4-7-25-27(18)15-5-8-29-9-6-15/h2-4,7,10-12,15H,5-6,8-9H2,1H3,(H2,23,24,26). The van der Waals surface area contributed by atoms with Gasteiger partial charge in [0, 0.05) is 30.5 Å². The van der Waals surface area contributed by atoms with Crippen LogP contribution in [-0.4, -0.2) is 37.6 Å². The number of aromatic nitrogens is 5. The fourth-order valence-electron chi connectivity index (χ4n) is 4.02. The summed E-state index contributed by atoms with van der Waals surface area (Å²) in [5.74, 6) is 0.154. The average Bonchev–Trinajstić information content (AvgIpc) is 3.36. The second-order valence-electron chi connectivity index (χ2n) is 7.32. The maximum atomic E-state index is 13.8. The highest BCUT2D eigenvalue weighted by Crippen LogP contribution is 2.36. The number of halogens is 1. The van der Waals surface area contributed by atoms with Crippen molar-refractivity contribution < 1.29 is 9.13 Å². The molecule has 1 saturated heterocycles. The van der Waals surface area contributed by atoms with E-state index in [1.807, 2.05) is 22.9 Å². The van der Waals surface area contributed by atoms with Gasteiger partial charge in [0.05, 0.1) is 17.4 Å². The van der Waals surface area contributed by atoms with Gasteiger partial charge in [0.15, 0.2) is 5.82 Å². The van der Waals surface area contributed by atoms with Crippen molar-refractivity contribution in [3.63, 3.8) is 0 Å². The van der Waals surface area contributed by atoms with Crippen molar-refractivity contribution in [1.82, 2.24) is 24.4 Å². The van der Waals surface area contributed by atoms with Crippen molar-refractivity contribution in [2.75, 3.05) is 18.9 Å². The number of aryl methyl sites for hydroxylation is 1. The van der Waals surface area contributed by atoms with Crippen LogP contribution in [0.3, 0.4) is 0 Å². The minimum absolute atomic E-state index is 0.235. The van der Waals surface area contributed by atoms with Crippen molar-refractivity contribution in [1.29, 1.82) is 0 Å². The largest absolute Gasteiger partial charge is 0.382 e. The van der Waals surface area contributed by atoms with Crippen LogP contribution < -0.4 is 5.73 Å². The Morgan fingerprint density at radius 2 is 1.93 bits per heavy atom. The van der Waals surface area contributed by atoms with Crippen LogP contribution in [0.4, 0.5) is 10.2 Å². The quantitative estimate of drug-likeness (QED) is 0.575. The number of fused-ring (bicyclic) bond motifs is 1. The highest BCUT2D eigenvalue weighted by Gasteiger charge is 2.23. The van der Waals surface area contributed by atoms with Crippen LogP contribution >= 0.6 is 0 Å². The molecule has 0 atom stereocenters. The number of hydrogen-bond donors (Lipinski definition) is 1. The van der Waals surface area contributed by atoms with E-state index in [-0.39, 0.29) is 11.9 Å². The van der Waals surface area contributed by atoms with E-state index in [0.717, 1.165) is 54.1 Å². The summed E-state index contributed by atoms with van der Waals surface area (Å²) in [5, 5.41) is 9.01. The van der Waals surface area contributed by atoms with Crippen LogP contribution in [0.1, 0.15) is 24.4 Å². The first kappa shape index (κ1) is 17.8. The molecule has 0 radical (unpaired) electrons. The van der Waals surface area contributed by atoms with E-state index >= 15 is 0 Å². The molecule has 29 heavy (non-hydrogen) atoms. The lowest BCUT2D eigenvalue weighted by Gasteiger charge is -2.24. The Hall–Kier alpha value is -3.26. The monoisotopic (exact) mass is 392 g/mol. The third-order valence-corrected chi connectivity index (χ3v) is 5.52. The van der Waals surface area contributed by atoms with Gasteiger partial charge in [-0.25, -0.2) is 13.9 Å². The summed E-state index contributed by atoms with van der Waals surface area (Å²) in [4.78, 5) is 4.19. The molecule has 3 aromatic heterocycles. The molecule has 5 rings (SSSR count). The van der Waals surface area contributed by atoms with Gasteiger partial charge in [0.1, 0.15) is 17.7 Å². The van der Waals surface area contributed by atoms with Crippen LogP contribution in [0.25, 0.3) is 28.0 Å². The first-order valence-electron chi connectivity index (χ1n) is 9.64. The summed E-state index contributed by atoms with van der Waals surface area (Å²) < 4.78 is 23.1. The van der Waals surface area contributed by atoms with Gasteiger partial charge >= 0.3 is 0 Å². The van der Waals surface area contributed by atoms with Crippen LogP contribution in [0.15, 0.2) is 42.9 Å². The van der Waals surface area contributed by atoms with Crippen molar-refractivity contribution >= 4 is 11.3 Å². The smallest absolute Gasteiger partial charge is 0.152 e. The van der Waals surface area contributed by atoms with E-state index in [9.17, 15) is 4.39 Å². The molecule has 0 unspecified atom stereocenters. The topological polar surface area (TPSA) is 83.3 Å². The first-order chi connectivity index (χ1) is 14.1. The lowest BCUT2D eigenvalue weighted by molar-refractivity contribution is 0.0667. The molecule has 1 aliphatic heterocycles. The van der Waals surface area contributed by atoms with E-state index in [0.29, 0.717) is 11.4 Å². The zero-order valence-corrected chi connectivity index (χ0v) is 16.0. The molecule has 4 heterocycles. The fourth-order valence-corrected chi connectivity index (χ4v) is 4.02. The van der Waals surface area contributed by atoms with E-state index < -0.39 is 0 Å². The molecular formula is C21H21FN6O. The van der Waals surface area contributed by atoms with Gasteiger partial charge in [-0.15, -0.1) is 0 Å². The SMILES string of the molecule is Cc1cc(-c2cc(-c3ccnn3C3CCOCC3)c3c(N)ncnn23)ccc1F. The van der Waals surface area contributed by atoms with E-state index in [2.05, 4.69) is 15.2 Å². The zero-order valence-electron chi connectivity index (χ0n) is 16.0. The molecule has 1 aliphatic rings. The second kappa shape index (κ2) is 6.97. The van der Waals surface area contributed by atoms with Crippen LogP contribution in [-0.2, 0) is 4.74 Å². The molecule has 7 nitrogen and oxygen atoms in total. The molecule has 148 valence electrons. The molecule has 0 bridgehead atoms. The van der Waals surface area contributed by atoms with Crippen LogP contribution in [0.5, 0.6) is 0 Å². The Morgan fingerprint density at radius 3 is 2.72 bits per heavy atom. The minimum Gasteiger partial charge on any atom is -0.382 e. The molecular weight excluding hydrogens is 371 g/mol. The van der Waals surface area contributed by atoms with Crippen LogP contribution in [0.2, 0.25) is 0 Å². The van der Waals surface area contributed by atoms with Crippen molar-refractivity contribution in [2.45, 2.75) is 25.8 Å². The van der Waals surface area contributed by atoms with E-state index in [4.69, 9.17) is 10.5 Å². The van der Waals surface area contributed by atoms with Gasteiger partial charge in [0.2, 0.25) is 0 Å². The fraction of sp³-hybridized carbons (Fsp3) is 0.286. The lowest BCUT2D eigenvalue weighted by Crippen LogP contribution is -2.21. The highest BCUT2D eigenvalue weighted by atomic mass is 19.1. The Balaban J connectivity index is 1.72. The van der Waals surface area contributed by atoms with Crippen LogP contribution in [0, 0.1) is 12.7 Å². The van der Waals surface area contributed by atoms with Crippen molar-refractivity contribution in [2.24, 2.45) is 0 Å². The maximum absolute atomic E-state index is 13.8.